The molecule has 1 aliphatic heterocycles. The number of carbonyl (C=O) groups excluding carboxylic acids is 1. The average molecular weight is 344 g/mol. The van der Waals surface area contributed by atoms with Crippen molar-refractivity contribution in [2.24, 2.45) is 5.73 Å². The van der Waals surface area contributed by atoms with Gasteiger partial charge in [-0.1, -0.05) is 17.8 Å². The maximum Gasteiger partial charge on any atom is 0.257 e. The Morgan fingerprint density at radius 3 is 2.88 bits per heavy atom. The van der Waals surface area contributed by atoms with Crippen LogP contribution >= 0.6 is 11.8 Å². The molecule has 24 heavy (non-hydrogen) atoms. The minimum atomic E-state index is -0.525. The van der Waals surface area contributed by atoms with Crippen LogP contribution in [0.25, 0.3) is 0 Å². The molecule has 0 saturated heterocycles. The molecule has 0 saturated carbocycles. The Kier molecular flexibility index (Phi) is 4.30. The van der Waals surface area contributed by atoms with Gasteiger partial charge in [0.15, 0.2) is 5.50 Å². The first-order valence-electron chi connectivity index (χ1n) is 7.21. The number of rotatable bonds is 4. The molecule has 1 aliphatic rings. The van der Waals surface area contributed by atoms with Gasteiger partial charge in [-0.2, -0.15) is 0 Å². The number of carbonyl (C=O) groups is 1. The van der Waals surface area contributed by atoms with Crippen molar-refractivity contribution < 1.29 is 9.90 Å². The van der Waals surface area contributed by atoms with Crippen LogP contribution in [0.5, 0.6) is 5.75 Å². The zero-order valence-corrected chi connectivity index (χ0v) is 13.7. The second-order valence-corrected chi connectivity index (χ2v) is 6.41. The quantitative estimate of drug-likeness (QED) is 0.869. The number of nitrogens with zero attached hydrogens (tertiary/aromatic N) is 3. The molecule has 0 aromatic carbocycles. The maximum absolute atomic E-state index is 12.2. The van der Waals surface area contributed by atoms with E-state index >= 15 is 0 Å². The van der Waals surface area contributed by atoms with Crippen LogP contribution in [-0.4, -0.2) is 25.5 Å². The molecule has 2 aromatic rings. The number of nitrogens with two attached hydrogens (primary N) is 1. The molecular formula is C16H16N4O3S. The van der Waals surface area contributed by atoms with Crippen molar-refractivity contribution in [3.63, 3.8) is 0 Å². The summed E-state index contributed by atoms with van der Waals surface area (Å²) in [5, 5.41) is 9.45. The molecule has 1 amide bonds. The number of hydrogen-bond donors (Lipinski definition) is 2. The molecule has 1 unspecified atom stereocenters. The van der Waals surface area contributed by atoms with E-state index < -0.39 is 11.4 Å². The van der Waals surface area contributed by atoms with Gasteiger partial charge < -0.3 is 15.7 Å². The lowest BCUT2D eigenvalue weighted by Crippen LogP contribution is -2.31. The summed E-state index contributed by atoms with van der Waals surface area (Å²) in [6.45, 7) is 2.27. The third-order valence-electron chi connectivity index (χ3n) is 3.72. The summed E-state index contributed by atoms with van der Waals surface area (Å²) in [4.78, 5) is 30.4. The second kappa shape index (κ2) is 6.40. The molecule has 7 nitrogen and oxygen atoms in total. The lowest BCUT2D eigenvalue weighted by Gasteiger charge is -2.28. The van der Waals surface area contributed by atoms with Crippen molar-refractivity contribution >= 4 is 17.7 Å². The SMILES string of the molecule is CC1=C(C(N)=O)SC(n2ccc(O)cc2=O)N1Cc1cccnc1. The number of aromatic hydroxyl groups is 1. The Balaban J connectivity index is 2.01. The lowest BCUT2D eigenvalue weighted by atomic mass is 10.2. The molecular weight excluding hydrogens is 328 g/mol. The molecule has 3 heterocycles. The first kappa shape index (κ1) is 16.1. The second-order valence-electron chi connectivity index (χ2n) is 5.34. The Morgan fingerprint density at radius 2 is 2.25 bits per heavy atom. The van der Waals surface area contributed by atoms with Crippen molar-refractivity contribution in [2.45, 2.75) is 19.0 Å². The molecule has 0 bridgehead atoms. The van der Waals surface area contributed by atoms with Crippen molar-refractivity contribution in [1.29, 1.82) is 0 Å². The Labute approximate surface area is 142 Å². The molecule has 124 valence electrons. The molecule has 8 heteroatoms. The minimum absolute atomic E-state index is 0.0992. The summed E-state index contributed by atoms with van der Waals surface area (Å²) in [6, 6.07) is 6.32. The van der Waals surface area contributed by atoms with E-state index in [2.05, 4.69) is 4.98 Å². The Morgan fingerprint density at radius 1 is 1.46 bits per heavy atom. The highest BCUT2D eigenvalue weighted by Gasteiger charge is 2.34. The summed E-state index contributed by atoms with van der Waals surface area (Å²) in [6.07, 6.45) is 4.92. The van der Waals surface area contributed by atoms with Gasteiger partial charge in [0.1, 0.15) is 5.75 Å². The summed E-state index contributed by atoms with van der Waals surface area (Å²) >= 11 is 1.22. The highest BCUT2D eigenvalue weighted by atomic mass is 32.2. The van der Waals surface area contributed by atoms with Crippen molar-refractivity contribution in [3.05, 3.63) is 69.4 Å². The van der Waals surface area contributed by atoms with Gasteiger partial charge in [-0.15, -0.1) is 0 Å². The number of primary amides is 1. The number of aromatic nitrogens is 2. The highest BCUT2D eigenvalue weighted by Crippen LogP contribution is 2.44. The standard InChI is InChI=1S/C16H16N4O3S/c1-10-14(15(17)23)24-16(19-6-4-12(21)7-13(19)22)20(10)9-11-3-2-5-18-8-11/h2-8,16,21H,9H2,1H3,(H2,17,23). The van der Waals surface area contributed by atoms with Gasteiger partial charge in [0.2, 0.25) is 0 Å². The normalized spacial score (nSPS) is 17.4. The Bertz CT molecular complexity index is 863. The van der Waals surface area contributed by atoms with E-state index in [1.165, 1.54) is 28.6 Å². The number of pyridine rings is 2. The zero-order chi connectivity index (χ0) is 17.3. The van der Waals surface area contributed by atoms with Gasteiger partial charge >= 0.3 is 0 Å². The van der Waals surface area contributed by atoms with Crippen LogP contribution < -0.4 is 11.3 Å². The first-order chi connectivity index (χ1) is 11.5. The van der Waals surface area contributed by atoms with E-state index in [9.17, 15) is 14.7 Å². The lowest BCUT2D eigenvalue weighted by molar-refractivity contribution is -0.114. The van der Waals surface area contributed by atoms with Crippen molar-refractivity contribution in [2.75, 3.05) is 0 Å². The predicted molar refractivity (Wildman–Crippen MR) is 90.7 cm³/mol. The smallest absolute Gasteiger partial charge is 0.257 e. The summed E-state index contributed by atoms with van der Waals surface area (Å²) in [7, 11) is 0. The van der Waals surface area contributed by atoms with Gasteiger partial charge in [0, 0.05) is 36.9 Å². The van der Waals surface area contributed by atoms with Crippen LogP contribution in [0.15, 0.2) is 58.3 Å². The van der Waals surface area contributed by atoms with Gasteiger partial charge in [0.05, 0.1) is 4.91 Å². The summed E-state index contributed by atoms with van der Waals surface area (Å²) in [5.74, 6) is -0.624. The fraction of sp³-hybridized carbons (Fsp3) is 0.188. The van der Waals surface area contributed by atoms with Crippen LogP contribution in [0.4, 0.5) is 0 Å². The summed E-state index contributed by atoms with van der Waals surface area (Å²) in [5.41, 5.74) is 6.30. The molecule has 0 spiro atoms. The zero-order valence-electron chi connectivity index (χ0n) is 12.9. The third kappa shape index (κ3) is 3.00. The number of allylic oxidation sites excluding steroid dienone is 1. The minimum Gasteiger partial charge on any atom is -0.508 e. The van der Waals surface area contributed by atoms with E-state index in [0.29, 0.717) is 17.1 Å². The van der Waals surface area contributed by atoms with Crippen LogP contribution in [0.2, 0.25) is 0 Å². The number of hydrogen-bond acceptors (Lipinski definition) is 6. The molecule has 0 aliphatic carbocycles. The van der Waals surface area contributed by atoms with Gasteiger partial charge in [-0.05, 0) is 24.6 Å². The summed E-state index contributed by atoms with van der Waals surface area (Å²) < 4.78 is 1.46. The Hall–Kier alpha value is -2.74. The molecule has 0 fully saturated rings. The van der Waals surface area contributed by atoms with Crippen LogP contribution in [-0.2, 0) is 11.3 Å². The average Bonchev–Trinajstić information content (AvgIpc) is 2.86. The van der Waals surface area contributed by atoms with Crippen LogP contribution in [0, 0.1) is 0 Å². The van der Waals surface area contributed by atoms with Crippen LogP contribution in [0.1, 0.15) is 18.0 Å². The van der Waals surface area contributed by atoms with E-state index in [-0.39, 0.29) is 11.3 Å². The highest BCUT2D eigenvalue weighted by molar-refractivity contribution is 8.04. The van der Waals surface area contributed by atoms with E-state index in [1.54, 1.807) is 19.3 Å². The van der Waals surface area contributed by atoms with Crippen LogP contribution in [0.3, 0.4) is 0 Å². The first-order valence-corrected chi connectivity index (χ1v) is 8.09. The van der Waals surface area contributed by atoms with Gasteiger partial charge in [-0.25, -0.2) is 0 Å². The number of thioether (sulfide) groups is 1. The van der Waals surface area contributed by atoms with E-state index in [0.717, 1.165) is 11.6 Å². The predicted octanol–water partition coefficient (Wildman–Crippen LogP) is 1.37. The molecule has 1 atom stereocenters. The van der Waals surface area contributed by atoms with E-state index in [4.69, 9.17) is 5.73 Å². The fourth-order valence-electron chi connectivity index (χ4n) is 2.54. The van der Waals surface area contributed by atoms with Crippen molar-refractivity contribution in [3.8, 4) is 5.75 Å². The largest absolute Gasteiger partial charge is 0.508 e. The van der Waals surface area contributed by atoms with Crippen molar-refractivity contribution in [1.82, 2.24) is 14.5 Å². The van der Waals surface area contributed by atoms with Gasteiger partial charge in [-0.3, -0.25) is 19.1 Å². The fourth-order valence-corrected chi connectivity index (χ4v) is 3.80. The third-order valence-corrected chi connectivity index (χ3v) is 5.14. The maximum atomic E-state index is 12.2. The number of amides is 1. The topological polar surface area (TPSA) is 101 Å². The molecule has 2 aromatic heterocycles. The van der Waals surface area contributed by atoms with Gasteiger partial charge in [0.25, 0.3) is 11.5 Å². The molecule has 3 N–H and O–H groups in total. The monoisotopic (exact) mass is 344 g/mol. The molecule has 3 rings (SSSR count). The molecule has 0 radical (unpaired) electrons. The van der Waals surface area contributed by atoms with E-state index in [1.807, 2.05) is 17.0 Å².